The molecule has 0 spiro atoms. The van der Waals surface area contributed by atoms with Crippen molar-refractivity contribution >= 4 is 46.3 Å². The topological polar surface area (TPSA) is 81.8 Å². The van der Waals surface area contributed by atoms with Crippen molar-refractivity contribution in [1.29, 1.82) is 0 Å². The van der Waals surface area contributed by atoms with Gasteiger partial charge in [-0.05, 0) is 79.3 Å². The third-order valence-corrected chi connectivity index (χ3v) is 9.19. The minimum atomic E-state index is -0.952. The largest absolute Gasteiger partial charge is 0.489 e. The first-order valence-corrected chi connectivity index (χ1v) is 15.4. The summed E-state index contributed by atoms with van der Waals surface area (Å²) >= 11 is 19.9. The van der Waals surface area contributed by atoms with E-state index in [0.717, 1.165) is 52.9 Å². The van der Waals surface area contributed by atoms with Crippen molar-refractivity contribution in [2.45, 2.75) is 57.7 Å². The lowest BCUT2D eigenvalue weighted by Gasteiger charge is -2.38. The molecule has 1 aliphatic carbocycles. The van der Waals surface area contributed by atoms with Crippen LogP contribution in [0.1, 0.15) is 78.3 Å². The molecule has 2 heterocycles. The van der Waals surface area contributed by atoms with E-state index in [-0.39, 0.29) is 12.2 Å². The highest BCUT2D eigenvalue weighted by molar-refractivity contribution is 6.39. The summed E-state index contributed by atoms with van der Waals surface area (Å²) < 4.78 is 18.4. The summed E-state index contributed by atoms with van der Waals surface area (Å²) in [4.78, 5) is 11.6. The molecule has 0 bridgehead atoms. The first-order valence-electron chi connectivity index (χ1n) is 14.2. The zero-order valence-corrected chi connectivity index (χ0v) is 26.0. The van der Waals surface area contributed by atoms with Crippen LogP contribution >= 0.6 is 34.8 Å². The van der Waals surface area contributed by atoms with Gasteiger partial charge in [-0.2, -0.15) is 0 Å². The van der Waals surface area contributed by atoms with E-state index in [4.69, 9.17) is 48.8 Å². The highest BCUT2D eigenvalue weighted by atomic mass is 35.5. The van der Waals surface area contributed by atoms with E-state index in [2.05, 4.69) is 12.1 Å². The molecule has 6 nitrogen and oxygen atoms in total. The Morgan fingerprint density at radius 3 is 2.47 bits per heavy atom. The number of nitrogens with zero attached hydrogens (tertiary/aromatic N) is 1. The Morgan fingerprint density at radius 2 is 1.79 bits per heavy atom. The molecular weight excluding hydrogens is 609 g/mol. The second-order valence-electron chi connectivity index (χ2n) is 11.2. The van der Waals surface area contributed by atoms with E-state index in [1.807, 2.05) is 25.1 Å². The number of hydrogen-bond acceptors (Lipinski definition) is 5. The minimum absolute atomic E-state index is 0.211. The number of carboxylic acids is 1. The van der Waals surface area contributed by atoms with Crippen molar-refractivity contribution in [3.8, 4) is 17.0 Å². The molecule has 0 radical (unpaired) electrons. The monoisotopic (exact) mass is 637 g/mol. The second kappa shape index (κ2) is 12.0. The van der Waals surface area contributed by atoms with Gasteiger partial charge in [0.25, 0.3) is 0 Å². The average molecular weight is 639 g/mol. The van der Waals surface area contributed by atoms with Gasteiger partial charge in [0, 0.05) is 23.5 Å². The number of carbonyl (C=O) groups is 1. The van der Waals surface area contributed by atoms with Gasteiger partial charge in [-0.25, -0.2) is 4.79 Å². The van der Waals surface area contributed by atoms with Crippen molar-refractivity contribution < 1.29 is 23.9 Å². The fourth-order valence-electron chi connectivity index (χ4n) is 5.70. The summed E-state index contributed by atoms with van der Waals surface area (Å²) in [6, 6.07) is 18.0. The molecule has 1 aromatic heterocycles. The number of benzene rings is 3. The van der Waals surface area contributed by atoms with Crippen molar-refractivity contribution in [2.75, 3.05) is 6.61 Å². The first-order chi connectivity index (χ1) is 20.7. The van der Waals surface area contributed by atoms with Crippen LogP contribution < -0.4 is 4.74 Å². The Morgan fingerprint density at radius 1 is 1.05 bits per heavy atom. The van der Waals surface area contributed by atoms with Crippen LogP contribution in [0.2, 0.25) is 15.1 Å². The van der Waals surface area contributed by atoms with Gasteiger partial charge in [0.2, 0.25) is 0 Å². The molecule has 9 heteroatoms. The van der Waals surface area contributed by atoms with Gasteiger partial charge in [-0.1, -0.05) is 71.1 Å². The van der Waals surface area contributed by atoms with Crippen LogP contribution in [0.15, 0.2) is 70.8 Å². The number of aromatic carboxylic acids is 1. The SMILES string of the molecule is CCC1=C(c2cccc(C(=O)O)c2)CC(C)(c2ccc(OCc3c(-c4c(Cl)cccc4Cl)noc3C3CC3)cc2Cl)OC1. The molecule has 6 rings (SSSR count). The second-order valence-corrected chi connectivity index (χ2v) is 12.4. The summed E-state index contributed by atoms with van der Waals surface area (Å²) in [5, 5.41) is 15.4. The van der Waals surface area contributed by atoms with E-state index in [1.165, 1.54) is 0 Å². The summed E-state index contributed by atoms with van der Waals surface area (Å²) in [5.41, 5.74) is 5.52. The van der Waals surface area contributed by atoms with Gasteiger partial charge in [0.15, 0.2) is 0 Å². The lowest BCUT2D eigenvalue weighted by atomic mass is 9.81. The molecular formula is C34H30Cl3NO5. The minimum Gasteiger partial charge on any atom is -0.489 e. The van der Waals surface area contributed by atoms with Crippen LogP contribution in [-0.2, 0) is 16.9 Å². The molecule has 4 aromatic rings. The number of ether oxygens (including phenoxy) is 2. The van der Waals surface area contributed by atoms with Crippen LogP contribution in [0.4, 0.5) is 0 Å². The van der Waals surface area contributed by atoms with Gasteiger partial charge in [-0.15, -0.1) is 0 Å². The number of halogens is 3. The van der Waals surface area contributed by atoms with E-state index >= 15 is 0 Å². The van der Waals surface area contributed by atoms with Crippen LogP contribution in [-0.4, -0.2) is 22.8 Å². The van der Waals surface area contributed by atoms with Crippen LogP contribution in [0.25, 0.3) is 16.8 Å². The third-order valence-electron chi connectivity index (χ3n) is 8.25. The maximum absolute atomic E-state index is 11.6. The predicted molar refractivity (Wildman–Crippen MR) is 168 cm³/mol. The molecule has 1 fully saturated rings. The highest BCUT2D eigenvalue weighted by Crippen LogP contribution is 2.47. The highest BCUT2D eigenvalue weighted by Gasteiger charge is 2.37. The molecule has 3 aromatic carbocycles. The van der Waals surface area contributed by atoms with Gasteiger partial charge in [0.1, 0.15) is 23.8 Å². The lowest BCUT2D eigenvalue weighted by Crippen LogP contribution is -2.32. The summed E-state index contributed by atoms with van der Waals surface area (Å²) in [6.07, 6.45) is 3.42. The van der Waals surface area contributed by atoms with E-state index < -0.39 is 11.6 Å². The van der Waals surface area contributed by atoms with Gasteiger partial charge < -0.3 is 19.1 Å². The average Bonchev–Trinajstić information content (AvgIpc) is 3.76. The molecule has 1 N–H and O–H groups in total. The van der Waals surface area contributed by atoms with E-state index in [9.17, 15) is 9.90 Å². The molecule has 222 valence electrons. The summed E-state index contributed by atoms with van der Waals surface area (Å²) in [5.74, 6) is 0.745. The quantitative estimate of drug-likeness (QED) is 0.196. The van der Waals surface area contributed by atoms with Crippen LogP contribution in [0.3, 0.4) is 0 Å². The summed E-state index contributed by atoms with van der Waals surface area (Å²) in [6.45, 7) is 4.74. The zero-order chi connectivity index (χ0) is 30.3. The number of carboxylic acid groups (broad SMARTS) is 1. The van der Waals surface area contributed by atoms with Crippen molar-refractivity contribution in [3.05, 3.63) is 109 Å². The number of rotatable bonds is 9. The van der Waals surface area contributed by atoms with E-state index in [1.54, 1.807) is 42.5 Å². The van der Waals surface area contributed by atoms with Crippen molar-refractivity contribution in [3.63, 3.8) is 0 Å². The fourth-order valence-corrected chi connectivity index (χ4v) is 6.65. The van der Waals surface area contributed by atoms with E-state index in [0.29, 0.717) is 51.0 Å². The zero-order valence-electron chi connectivity index (χ0n) is 23.8. The molecule has 1 saturated carbocycles. The van der Waals surface area contributed by atoms with Gasteiger partial charge in [-0.3, -0.25) is 0 Å². The maximum atomic E-state index is 11.6. The lowest BCUT2D eigenvalue weighted by molar-refractivity contribution is -0.0283. The molecule has 1 unspecified atom stereocenters. The normalized spacial score (nSPS) is 18.6. The molecule has 1 aliphatic heterocycles. The molecule has 0 saturated heterocycles. The number of aromatic nitrogens is 1. The van der Waals surface area contributed by atoms with Gasteiger partial charge in [0.05, 0.1) is 38.4 Å². The maximum Gasteiger partial charge on any atom is 0.335 e. The Bertz CT molecular complexity index is 1720. The predicted octanol–water partition coefficient (Wildman–Crippen LogP) is 9.96. The Kier molecular flexibility index (Phi) is 8.31. The first kappa shape index (κ1) is 29.8. The standard InChI is InChI=1S/C34H30Cl3NO5/c1-3-19-17-42-34(2,16-24(19)21-6-4-7-22(14-21)33(39)40)26-13-12-23(15-29(26)37)41-18-25-31(38-43-32(25)20-10-11-20)30-27(35)8-5-9-28(30)36/h4-9,12-15,20H,3,10-11,16-18H2,1-2H3,(H,39,40). The number of hydrogen-bond donors (Lipinski definition) is 1. The molecule has 1 atom stereocenters. The Labute approximate surface area is 265 Å². The third kappa shape index (κ3) is 5.94. The van der Waals surface area contributed by atoms with Crippen LogP contribution in [0, 0.1) is 0 Å². The molecule has 0 amide bonds. The van der Waals surface area contributed by atoms with Crippen molar-refractivity contribution in [1.82, 2.24) is 5.16 Å². The summed E-state index contributed by atoms with van der Waals surface area (Å²) in [7, 11) is 0. The Hall–Kier alpha value is -3.29. The molecule has 2 aliphatic rings. The van der Waals surface area contributed by atoms with Crippen molar-refractivity contribution in [2.24, 2.45) is 0 Å². The van der Waals surface area contributed by atoms with Crippen LogP contribution in [0.5, 0.6) is 5.75 Å². The molecule has 43 heavy (non-hydrogen) atoms. The van der Waals surface area contributed by atoms with Gasteiger partial charge >= 0.3 is 5.97 Å². The Balaban J connectivity index is 1.26. The smallest absolute Gasteiger partial charge is 0.335 e. The fraction of sp³-hybridized carbons (Fsp3) is 0.294.